The van der Waals surface area contributed by atoms with Gasteiger partial charge in [-0.05, 0) is 50.9 Å². The lowest BCUT2D eigenvalue weighted by Crippen LogP contribution is -2.44. The fraction of sp³-hybridized carbons (Fsp3) is 0.750. The Morgan fingerprint density at radius 2 is 2.08 bits per heavy atom. The maximum Gasteiger partial charge on any atom is 0.228 e. The predicted molar refractivity (Wildman–Crippen MR) is 100 cm³/mol. The van der Waals surface area contributed by atoms with Crippen molar-refractivity contribution in [2.45, 2.75) is 64.8 Å². The molecule has 2 amide bonds. The summed E-state index contributed by atoms with van der Waals surface area (Å²) in [6.45, 7) is 4.40. The van der Waals surface area contributed by atoms with E-state index in [1.54, 1.807) is 18.3 Å². The van der Waals surface area contributed by atoms with Crippen LogP contribution < -0.4 is 5.32 Å². The highest BCUT2D eigenvalue weighted by Gasteiger charge is 2.36. The Hall–Kier alpha value is -1.85. The number of rotatable bonds is 7. The number of carbonyl (C=O) groups is 2. The van der Waals surface area contributed by atoms with E-state index in [1.807, 2.05) is 13.8 Å². The number of nitrogens with zero attached hydrogens (tertiary/aromatic N) is 2. The minimum atomic E-state index is -0.0440. The third-order valence-corrected chi connectivity index (χ3v) is 6.28. The molecule has 0 radical (unpaired) electrons. The molecule has 0 spiro atoms. The molecule has 0 aromatic carbocycles. The highest BCUT2D eigenvalue weighted by Crippen LogP contribution is 2.46. The van der Waals surface area contributed by atoms with Crippen molar-refractivity contribution in [3.8, 4) is 0 Å². The number of hydrogen-bond donors (Lipinski definition) is 2. The number of aromatic nitrogens is 2. The van der Waals surface area contributed by atoms with Crippen LogP contribution in [0.1, 0.15) is 56.8 Å². The van der Waals surface area contributed by atoms with Crippen LogP contribution in [-0.4, -0.2) is 46.3 Å². The maximum absolute atomic E-state index is 12.4. The van der Waals surface area contributed by atoms with Crippen molar-refractivity contribution in [2.24, 2.45) is 17.8 Å². The molecule has 4 rings (SSSR count). The average Bonchev–Trinajstić information content (AvgIpc) is 3.00. The van der Waals surface area contributed by atoms with Crippen LogP contribution in [0.4, 0.5) is 0 Å². The van der Waals surface area contributed by atoms with Crippen molar-refractivity contribution in [3.05, 3.63) is 17.7 Å². The number of likely N-dealkylation sites (N-methyl/N-ethyl adjacent to an activating group) is 1. The molecule has 2 bridgehead atoms. The molecule has 0 saturated heterocycles. The lowest BCUT2D eigenvalue weighted by Gasteiger charge is -2.42. The number of hydrogen-bond acceptors (Lipinski definition) is 3. The van der Waals surface area contributed by atoms with Crippen molar-refractivity contribution in [1.29, 1.82) is 0 Å². The molecule has 0 aliphatic heterocycles. The van der Waals surface area contributed by atoms with Crippen molar-refractivity contribution in [1.82, 2.24) is 20.2 Å². The summed E-state index contributed by atoms with van der Waals surface area (Å²) in [5.74, 6) is 2.33. The lowest BCUT2D eigenvalue weighted by atomic mass is 9.64. The van der Waals surface area contributed by atoms with Crippen LogP contribution in [0.25, 0.3) is 0 Å². The average molecular weight is 361 g/mol. The summed E-state index contributed by atoms with van der Waals surface area (Å²) in [6, 6.07) is -0.0440. The van der Waals surface area contributed by atoms with Gasteiger partial charge in [-0.3, -0.25) is 9.59 Å². The number of carbonyl (C=O) groups excluding carboxylic acids is 2. The van der Waals surface area contributed by atoms with Crippen molar-refractivity contribution in [3.63, 3.8) is 0 Å². The minimum Gasteiger partial charge on any atom is -0.352 e. The second kappa shape index (κ2) is 8.23. The number of aromatic amines is 1. The first kappa shape index (κ1) is 18.9. The molecule has 1 aromatic heterocycles. The molecule has 3 fully saturated rings. The normalized spacial score (nSPS) is 25.7. The number of fused-ring (bicyclic) bond motifs is 3. The van der Waals surface area contributed by atoms with E-state index in [2.05, 4.69) is 15.3 Å². The van der Waals surface area contributed by atoms with Gasteiger partial charge in [0.05, 0.1) is 18.4 Å². The number of nitrogens with one attached hydrogen (secondary N) is 2. The largest absolute Gasteiger partial charge is 0.352 e. The van der Waals surface area contributed by atoms with Gasteiger partial charge in [-0.15, -0.1) is 0 Å². The van der Waals surface area contributed by atoms with Crippen molar-refractivity contribution in [2.75, 3.05) is 13.6 Å². The minimum absolute atomic E-state index is 0.0193. The smallest absolute Gasteiger partial charge is 0.228 e. The summed E-state index contributed by atoms with van der Waals surface area (Å²) in [5.41, 5.74) is 1.71. The van der Waals surface area contributed by atoms with E-state index in [0.717, 1.165) is 23.2 Å². The van der Waals surface area contributed by atoms with E-state index < -0.39 is 0 Å². The summed E-state index contributed by atoms with van der Waals surface area (Å²) in [4.78, 5) is 33.6. The zero-order chi connectivity index (χ0) is 18.7. The first-order valence-electron chi connectivity index (χ1n) is 9.94. The lowest BCUT2D eigenvalue weighted by molar-refractivity contribution is -0.130. The predicted octanol–water partition coefficient (Wildman–Crippen LogP) is 2.44. The fourth-order valence-electron chi connectivity index (χ4n) is 4.74. The monoisotopic (exact) mass is 360 g/mol. The molecule has 2 atom stereocenters. The van der Waals surface area contributed by atoms with E-state index >= 15 is 0 Å². The number of H-pyrrole nitrogens is 1. The topological polar surface area (TPSA) is 78.1 Å². The van der Waals surface area contributed by atoms with E-state index in [1.165, 1.54) is 32.1 Å². The van der Waals surface area contributed by atoms with Crippen LogP contribution in [0.2, 0.25) is 0 Å². The van der Waals surface area contributed by atoms with Gasteiger partial charge in [0.15, 0.2) is 0 Å². The molecule has 3 aliphatic carbocycles. The molecule has 1 aromatic rings. The van der Waals surface area contributed by atoms with Gasteiger partial charge in [-0.25, -0.2) is 4.98 Å². The molecule has 6 heteroatoms. The van der Waals surface area contributed by atoms with Gasteiger partial charge in [0, 0.05) is 31.7 Å². The van der Waals surface area contributed by atoms with Gasteiger partial charge in [0.2, 0.25) is 11.8 Å². The third-order valence-electron chi connectivity index (χ3n) is 6.28. The van der Waals surface area contributed by atoms with E-state index in [4.69, 9.17) is 0 Å². The third kappa shape index (κ3) is 4.65. The van der Waals surface area contributed by atoms with Crippen LogP contribution >= 0.6 is 0 Å². The molecule has 6 nitrogen and oxygen atoms in total. The summed E-state index contributed by atoms with van der Waals surface area (Å²) in [5, 5.41) is 3.09. The van der Waals surface area contributed by atoms with Crippen molar-refractivity contribution >= 4 is 11.8 Å². The van der Waals surface area contributed by atoms with Crippen LogP contribution in [0, 0.1) is 24.7 Å². The van der Waals surface area contributed by atoms with Gasteiger partial charge >= 0.3 is 0 Å². The fourth-order valence-corrected chi connectivity index (χ4v) is 4.74. The highest BCUT2D eigenvalue weighted by molar-refractivity contribution is 5.79. The maximum atomic E-state index is 12.4. The second-order valence-corrected chi connectivity index (χ2v) is 8.37. The Kier molecular flexibility index (Phi) is 5.99. The van der Waals surface area contributed by atoms with Gasteiger partial charge in [0.1, 0.15) is 0 Å². The molecule has 26 heavy (non-hydrogen) atoms. The summed E-state index contributed by atoms with van der Waals surface area (Å²) in [6.07, 6.45) is 9.12. The van der Waals surface area contributed by atoms with Crippen LogP contribution in [-0.2, 0) is 16.0 Å². The standard InChI is InChI=1S/C20H32N4O2/c1-13(11-24(3)20(26)10-18-14(2)21-12-22-18)23-19(25)9-17-8-15-4-6-16(17)7-5-15/h12-13,15-17H,4-11H2,1-3H3,(H,21,22)(H,23,25). The molecular formula is C20H32N4O2. The number of aryl methyl sites for hydroxylation is 1. The molecule has 144 valence electrons. The van der Waals surface area contributed by atoms with Crippen LogP contribution in [0.3, 0.4) is 0 Å². The zero-order valence-corrected chi connectivity index (χ0v) is 16.3. The van der Waals surface area contributed by atoms with Crippen molar-refractivity contribution < 1.29 is 9.59 Å². The molecule has 2 N–H and O–H groups in total. The summed E-state index contributed by atoms with van der Waals surface area (Å²) >= 11 is 0. The molecular weight excluding hydrogens is 328 g/mol. The van der Waals surface area contributed by atoms with Gasteiger partial charge in [-0.1, -0.05) is 12.8 Å². The Labute approximate surface area is 156 Å². The first-order chi connectivity index (χ1) is 12.4. The Balaban J connectivity index is 1.41. The quantitative estimate of drug-likeness (QED) is 0.784. The zero-order valence-electron chi connectivity index (χ0n) is 16.3. The summed E-state index contributed by atoms with van der Waals surface area (Å²) < 4.78 is 0. The first-order valence-corrected chi connectivity index (χ1v) is 9.94. The second-order valence-electron chi connectivity index (χ2n) is 8.37. The van der Waals surface area contributed by atoms with E-state index in [9.17, 15) is 9.59 Å². The molecule has 3 aliphatic rings. The summed E-state index contributed by atoms with van der Waals surface area (Å²) in [7, 11) is 1.78. The molecule has 3 saturated carbocycles. The van der Waals surface area contributed by atoms with Crippen LogP contribution in [0.15, 0.2) is 6.33 Å². The molecule has 2 unspecified atom stereocenters. The van der Waals surface area contributed by atoms with Gasteiger partial charge in [-0.2, -0.15) is 0 Å². The highest BCUT2D eigenvalue weighted by atomic mass is 16.2. The van der Waals surface area contributed by atoms with E-state index in [0.29, 0.717) is 18.9 Å². The molecule has 1 heterocycles. The van der Waals surface area contributed by atoms with Gasteiger partial charge in [0.25, 0.3) is 0 Å². The Morgan fingerprint density at radius 1 is 1.35 bits per heavy atom. The Morgan fingerprint density at radius 3 is 2.65 bits per heavy atom. The number of amides is 2. The SMILES string of the molecule is Cc1[nH]cnc1CC(=O)N(C)CC(C)NC(=O)CC1CC2CCC1CC2. The Bertz CT molecular complexity index is 634. The van der Waals surface area contributed by atoms with E-state index in [-0.39, 0.29) is 24.3 Å². The number of imidazole rings is 1. The van der Waals surface area contributed by atoms with Gasteiger partial charge < -0.3 is 15.2 Å². The van der Waals surface area contributed by atoms with Crippen LogP contribution in [0.5, 0.6) is 0 Å².